The highest BCUT2D eigenvalue weighted by Crippen LogP contribution is 2.32. The number of carbonyl (C=O) groups excluding carboxylic acids is 1. The number of nitrogens with zero attached hydrogens (tertiary/aromatic N) is 1. The summed E-state index contributed by atoms with van der Waals surface area (Å²) in [6, 6.07) is 19.4. The fourth-order valence-electron chi connectivity index (χ4n) is 2.34. The van der Waals surface area contributed by atoms with Gasteiger partial charge in [-0.25, -0.2) is 4.79 Å². The Bertz CT molecular complexity index is 976. The van der Waals surface area contributed by atoms with Gasteiger partial charge in [-0.2, -0.15) is 0 Å². The van der Waals surface area contributed by atoms with Gasteiger partial charge in [0, 0.05) is 33.8 Å². The second-order valence-electron chi connectivity index (χ2n) is 5.39. The average Bonchev–Trinajstić information content (AvgIpc) is 3.13. The molecule has 0 spiro atoms. The molecule has 0 atom stereocenters. The average molecular weight is 365 g/mol. The Balaban J connectivity index is 1.90. The van der Waals surface area contributed by atoms with Crippen molar-refractivity contribution in [2.75, 3.05) is 0 Å². The van der Waals surface area contributed by atoms with Gasteiger partial charge < -0.3 is 14.8 Å². The first-order valence-corrected chi connectivity index (χ1v) is 8.55. The summed E-state index contributed by atoms with van der Waals surface area (Å²) in [5.41, 5.74) is 1.27. The van der Waals surface area contributed by atoms with Crippen molar-refractivity contribution in [3.63, 3.8) is 0 Å². The molecule has 130 valence electrons. The number of aliphatic carboxylic acids is 1. The summed E-state index contributed by atoms with van der Waals surface area (Å²) in [6.45, 7) is 0. The van der Waals surface area contributed by atoms with Crippen LogP contribution < -0.4 is 0 Å². The Morgan fingerprint density at radius 1 is 0.923 bits per heavy atom. The van der Waals surface area contributed by atoms with Gasteiger partial charge in [0.2, 0.25) is 0 Å². The van der Waals surface area contributed by atoms with Crippen molar-refractivity contribution < 1.29 is 19.8 Å². The van der Waals surface area contributed by atoms with E-state index in [1.54, 1.807) is 30.2 Å². The molecule has 2 aromatic carbocycles. The zero-order valence-corrected chi connectivity index (χ0v) is 14.4. The van der Waals surface area contributed by atoms with Crippen LogP contribution in [0.5, 0.6) is 0 Å². The maximum absolute atomic E-state index is 11.2. The number of hydrogen-bond donors (Lipinski definition) is 2. The number of carboxylic acids is 1. The highest BCUT2D eigenvalue weighted by atomic mass is 32.2. The summed E-state index contributed by atoms with van der Waals surface area (Å²) < 4.78 is 1.82. The number of rotatable bonds is 6. The Kier molecular flexibility index (Phi) is 5.24. The van der Waals surface area contributed by atoms with Gasteiger partial charge in [0.1, 0.15) is 5.76 Å². The molecule has 26 heavy (non-hydrogen) atoms. The predicted octanol–water partition coefficient (Wildman–Crippen LogP) is 4.18. The number of aromatic nitrogens is 1. The molecular formula is C20H15NO4S. The van der Waals surface area contributed by atoms with Crippen LogP contribution in [0.1, 0.15) is 5.56 Å². The van der Waals surface area contributed by atoms with Gasteiger partial charge in [0.15, 0.2) is 0 Å². The van der Waals surface area contributed by atoms with Gasteiger partial charge in [0.05, 0.1) is 5.69 Å². The van der Waals surface area contributed by atoms with E-state index in [4.69, 9.17) is 5.11 Å². The smallest absolute Gasteiger partial charge is 0.376 e. The Labute approximate surface area is 154 Å². The van der Waals surface area contributed by atoms with Crippen LogP contribution in [0.4, 0.5) is 0 Å². The normalized spacial score (nSPS) is 11.3. The second-order valence-corrected chi connectivity index (χ2v) is 6.50. The fraction of sp³-hybridized carbons (Fsp3) is 0. The molecule has 3 aromatic rings. The molecule has 1 heterocycles. The number of para-hydroxylation sites is 1. The van der Waals surface area contributed by atoms with Gasteiger partial charge in [-0.3, -0.25) is 4.79 Å². The van der Waals surface area contributed by atoms with E-state index < -0.39 is 11.8 Å². The van der Waals surface area contributed by atoms with Crippen LogP contribution in [0, 0.1) is 0 Å². The number of ketones is 1. The van der Waals surface area contributed by atoms with Crippen molar-refractivity contribution in [3.05, 3.63) is 84.7 Å². The first-order valence-electron chi connectivity index (χ1n) is 7.73. The third kappa shape index (κ3) is 4.04. The minimum atomic E-state index is -1.61. The molecule has 2 N–H and O–H groups in total. The highest BCUT2D eigenvalue weighted by Gasteiger charge is 2.12. The summed E-state index contributed by atoms with van der Waals surface area (Å²) >= 11 is 1.61. The van der Waals surface area contributed by atoms with E-state index in [1.165, 1.54) is 0 Å². The molecule has 0 aliphatic rings. The molecule has 0 saturated carbocycles. The topological polar surface area (TPSA) is 79.5 Å². The largest absolute Gasteiger partial charge is 0.507 e. The third-order valence-corrected chi connectivity index (χ3v) is 4.65. The maximum atomic E-state index is 11.2. The van der Waals surface area contributed by atoms with Gasteiger partial charge >= 0.3 is 5.97 Å². The summed E-state index contributed by atoms with van der Waals surface area (Å²) in [5, 5.41) is 18.6. The number of aliphatic hydroxyl groups is 1. The molecule has 0 amide bonds. The van der Waals surface area contributed by atoms with Crippen LogP contribution in [0.2, 0.25) is 0 Å². The standard InChI is InChI=1S/C20H15NO4S/c22-17(12-18(23)20(24)25)14-10-11-21(13-14)16-8-4-5-9-19(16)26-15-6-2-1-3-7-15/h1-13,22H,(H,24,25). The molecule has 0 fully saturated rings. The van der Waals surface area contributed by atoms with Crippen LogP contribution in [0.15, 0.2) is 88.9 Å². The lowest BCUT2D eigenvalue weighted by molar-refractivity contribution is -0.146. The number of hydrogen-bond acceptors (Lipinski definition) is 4. The van der Waals surface area contributed by atoms with E-state index in [0.29, 0.717) is 11.6 Å². The van der Waals surface area contributed by atoms with Gasteiger partial charge in [-0.1, -0.05) is 42.1 Å². The van der Waals surface area contributed by atoms with Gasteiger partial charge in [0.25, 0.3) is 5.78 Å². The van der Waals surface area contributed by atoms with E-state index in [-0.39, 0.29) is 5.76 Å². The molecule has 1 aromatic heterocycles. The van der Waals surface area contributed by atoms with Crippen molar-refractivity contribution in [1.82, 2.24) is 4.57 Å². The van der Waals surface area contributed by atoms with Crippen LogP contribution in [0.3, 0.4) is 0 Å². The maximum Gasteiger partial charge on any atom is 0.376 e. The molecule has 5 nitrogen and oxygen atoms in total. The molecule has 6 heteroatoms. The van der Waals surface area contributed by atoms with Crippen molar-refractivity contribution in [2.45, 2.75) is 9.79 Å². The SMILES string of the molecule is O=C(O)C(=O)C=C(O)c1ccn(-c2ccccc2Sc2ccccc2)c1. The van der Waals surface area contributed by atoms with Crippen LogP contribution in [-0.4, -0.2) is 26.5 Å². The van der Waals surface area contributed by atoms with Crippen molar-refractivity contribution in [2.24, 2.45) is 0 Å². The zero-order valence-electron chi connectivity index (χ0n) is 13.6. The first-order chi connectivity index (χ1) is 12.5. The lowest BCUT2D eigenvalue weighted by Gasteiger charge is -2.10. The minimum Gasteiger partial charge on any atom is -0.507 e. The van der Waals surface area contributed by atoms with Gasteiger partial charge in [-0.05, 0) is 30.3 Å². The van der Waals surface area contributed by atoms with Crippen LogP contribution >= 0.6 is 11.8 Å². The molecule has 0 saturated heterocycles. The third-order valence-electron chi connectivity index (χ3n) is 3.58. The Hall–Kier alpha value is -3.25. The van der Waals surface area contributed by atoms with Crippen LogP contribution in [-0.2, 0) is 9.59 Å². The Morgan fingerprint density at radius 3 is 2.35 bits per heavy atom. The van der Waals surface area contributed by atoms with E-state index in [1.807, 2.05) is 59.2 Å². The van der Waals surface area contributed by atoms with Crippen molar-refractivity contribution in [1.29, 1.82) is 0 Å². The first kappa shape index (κ1) is 17.6. The summed E-state index contributed by atoms with van der Waals surface area (Å²) in [6.07, 6.45) is 4.09. The summed E-state index contributed by atoms with van der Waals surface area (Å²) in [5.74, 6) is -3.17. The molecule has 0 aliphatic carbocycles. The molecule has 0 aliphatic heterocycles. The van der Waals surface area contributed by atoms with E-state index in [2.05, 4.69) is 0 Å². The molecule has 0 radical (unpaired) electrons. The fourth-order valence-corrected chi connectivity index (χ4v) is 3.31. The molecule has 0 bridgehead atoms. The van der Waals surface area contributed by atoms with Gasteiger partial charge in [-0.15, -0.1) is 0 Å². The molecule has 3 rings (SSSR count). The monoisotopic (exact) mass is 365 g/mol. The number of carbonyl (C=O) groups is 2. The number of carboxylic acid groups (broad SMARTS) is 1. The quantitative estimate of drug-likeness (QED) is 0.389. The number of aliphatic hydroxyl groups excluding tert-OH is 1. The second kappa shape index (κ2) is 7.76. The highest BCUT2D eigenvalue weighted by molar-refractivity contribution is 7.99. The lowest BCUT2D eigenvalue weighted by Crippen LogP contribution is -2.09. The van der Waals surface area contributed by atoms with Crippen molar-refractivity contribution >= 4 is 29.3 Å². The van der Waals surface area contributed by atoms with E-state index >= 15 is 0 Å². The molecular weight excluding hydrogens is 350 g/mol. The predicted molar refractivity (Wildman–Crippen MR) is 99.6 cm³/mol. The van der Waals surface area contributed by atoms with E-state index in [0.717, 1.165) is 15.5 Å². The van der Waals surface area contributed by atoms with Crippen molar-refractivity contribution in [3.8, 4) is 5.69 Å². The van der Waals surface area contributed by atoms with Crippen LogP contribution in [0.25, 0.3) is 11.4 Å². The summed E-state index contributed by atoms with van der Waals surface area (Å²) in [4.78, 5) is 23.9. The lowest BCUT2D eigenvalue weighted by atomic mass is 10.2. The number of benzene rings is 2. The summed E-state index contributed by atoms with van der Waals surface area (Å²) in [7, 11) is 0. The van der Waals surface area contributed by atoms with E-state index in [9.17, 15) is 14.7 Å². The Morgan fingerprint density at radius 2 is 1.62 bits per heavy atom. The molecule has 0 unspecified atom stereocenters. The minimum absolute atomic E-state index is 0.360. The zero-order chi connectivity index (χ0) is 18.5.